The number of carbonyl (C=O) groups is 1. The van der Waals surface area contributed by atoms with Crippen molar-refractivity contribution < 1.29 is 9.90 Å². The molecule has 0 fully saturated rings. The van der Waals surface area contributed by atoms with Crippen LogP contribution in [0.2, 0.25) is 0 Å². The molecule has 0 amide bonds. The van der Waals surface area contributed by atoms with E-state index in [1.165, 1.54) is 69.8 Å². The third kappa shape index (κ3) is 11.0. The molecule has 2 aromatic rings. The van der Waals surface area contributed by atoms with Crippen molar-refractivity contribution in [2.75, 3.05) is 0 Å². The average Bonchev–Trinajstić information content (AvgIpc) is 2.83. The number of aromatic nitrogens is 2. The molecule has 182 valence electrons. The fraction of sp³-hybridized carbons (Fsp3) is 0.621. The molecule has 33 heavy (non-hydrogen) atoms. The second-order valence-corrected chi connectivity index (χ2v) is 9.43. The summed E-state index contributed by atoms with van der Waals surface area (Å²) in [5.74, 6) is -0.258. The maximum atomic E-state index is 11.7. The van der Waals surface area contributed by atoms with Crippen LogP contribution in [-0.4, -0.2) is 21.0 Å². The summed E-state index contributed by atoms with van der Waals surface area (Å²) in [5, 5.41) is 9.63. The number of hydrogen-bond acceptors (Lipinski definition) is 3. The van der Waals surface area contributed by atoms with Crippen LogP contribution in [0.25, 0.3) is 11.4 Å². The third-order valence-electron chi connectivity index (χ3n) is 6.47. The van der Waals surface area contributed by atoms with Gasteiger partial charge in [0.1, 0.15) is 0 Å². The van der Waals surface area contributed by atoms with Crippen molar-refractivity contribution in [1.82, 2.24) is 9.97 Å². The molecule has 0 radical (unpaired) electrons. The molecule has 1 aromatic carbocycles. The van der Waals surface area contributed by atoms with E-state index in [9.17, 15) is 9.90 Å². The van der Waals surface area contributed by atoms with Gasteiger partial charge in [0, 0.05) is 18.0 Å². The maximum absolute atomic E-state index is 11.7. The number of nitrogens with zero attached hydrogens (tertiary/aromatic N) is 2. The molecule has 4 nitrogen and oxygen atoms in total. The molecule has 4 heteroatoms. The van der Waals surface area contributed by atoms with Gasteiger partial charge >= 0.3 is 5.97 Å². The van der Waals surface area contributed by atoms with Crippen LogP contribution in [0.4, 0.5) is 0 Å². The number of benzene rings is 1. The Balaban J connectivity index is 1.80. The first-order valence-corrected chi connectivity index (χ1v) is 13.3. The lowest BCUT2D eigenvalue weighted by molar-refractivity contribution is -0.142. The van der Waals surface area contributed by atoms with Crippen LogP contribution in [0.5, 0.6) is 0 Å². The summed E-state index contributed by atoms with van der Waals surface area (Å²) >= 11 is 0. The summed E-state index contributed by atoms with van der Waals surface area (Å²) < 4.78 is 0. The van der Waals surface area contributed by atoms with Crippen molar-refractivity contribution in [2.24, 2.45) is 5.92 Å². The first-order valence-electron chi connectivity index (χ1n) is 13.3. The highest BCUT2D eigenvalue weighted by atomic mass is 16.4. The highest BCUT2D eigenvalue weighted by molar-refractivity contribution is 5.70. The molecule has 0 saturated carbocycles. The maximum Gasteiger partial charge on any atom is 0.306 e. The Bertz CT molecular complexity index is 771. The molecule has 1 heterocycles. The largest absolute Gasteiger partial charge is 0.481 e. The molecule has 0 saturated heterocycles. The molecule has 0 aliphatic carbocycles. The van der Waals surface area contributed by atoms with Crippen molar-refractivity contribution in [1.29, 1.82) is 0 Å². The summed E-state index contributed by atoms with van der Waals surface area (Å²) in [5.41, 5.74) is 3.24. The van der Waals surface area contributed by atoms with E-state index in [-0.39, 0.29) is 5.92 Å². The average molecular weight is 453 g/mol. The van der Waals surface area contributed by atoms with E-state index in [0.29, 0.717) is 6.42 Å². The summed E-state index contributed by atoms with van der Waals surface area (Å²) in [6, 6.07) is 8.09. The first kappa shape index (κ1) is 27.0. The number of carboxylic acids is 1. The summed E-state index contributed by atoms with van der Waals surface area (Å²) in [6.07, 6.45) is 21.2. The molecule has 0 aliphatic rings. The molecular formula is C29H44N2O2. The minimum absolute atomic E-state index is 0.306. The van der Waals surface area contributed by atoms with Crippen LogP contribution >= 0.6 is 0 Å². The lowest BCUT2D eigenvalue weighted by Gasteiger charge is -2.13. The number of unbranched alkanes of at least 4 members (excludes halogenated alkanes) is 10. The topological polar surface area (TPSA) is 63.1 Å². The Morgan fingerprint density at radius 3 is 1.88 bits per heavy atom. The lowest BCUT2D eigenvalue weighted by atomic mass is 9.93. The summed E-state index contributed by atoms with van der Waals surface area (Å²) in [6.45, 7) is 4.46. The van der Waals surface area contributed by atoms with Gasteiger partial charge in [0.05, 0.1) is 5.92 Å². The Hall–Kier alpha value is -2.23. The second-order valence-electron chi connectivity index (χ2n) is 9.43. The predicted molar refractivity (Wildman–Crippen MR) is 137 cm³/mol. The molecular weight excluding hydrogens is 408 g/mol. The van der Waals surface area contributed by atoms with Gasteiger partial charge < -0.3 is 5.11 Å². The molecule has 1 N–H and O–H groups in total. The normalized spacial score (nSPS) is 12.1. The van der Waals surface area contributed by atoms with Crippen LogP contribution in [0, 0.1) is 5.92 Å². The van der Waals surface area contributed by atoms with Gasteiger partial charge in [0.15, 0.2) is 5.82 Å². The number of aryl methyl sites for hydroxylation is 1. The Morgan fingerprint density at radius 2 is 1.30 bits per heavy atom. The molecule has 1 aromatic heterocycles. The standard InChI is InChI=1S/C29H44N2O2/c1-3-5-7-9-11-13-15-25-22-30-28(31-23-25)26-19-17-24(18-20-26)21-27(29(32)33)16-14-12-10-8-6-4-2/h17-20,22-23,27H,3-16,21H2,1-2H3,(H,32,33). The number of aliphatic carboxylic acids is 1. The van der Waals surface area contributed by atoms with E-state index in [2.05, 4.69) is 23.8 Å². The van der Waals surface area contributed by atoms with E-state index >= 15 is 0 Å². The van der Waals surface area contributed by atoms with Crippen LogP contribution in [-0.2, 0) is 17.6 Å². The van der Waals surface area contributed by atoms with Crippen molar-refractivity contribution >= 4 is 5.97 Å². The van der Waals surface area contributed by atoms with Crippen LogP contribution < -0.4 is 0 Å². The highest BCUT2D eigenvalue weighted by Gasteiger charge is 2.17. The Kier molecular flexibility index (Phi) is 13.4. The van der Waals surface area contributed by atoms with Gasteiger partial charge in [-0.1, -0.05) is 109 Å². The van der Waals surface area contributed by atoms with Crippen LogP contribution in [0.3, 0.4) is 0 Å². The van der Waals surface area contributed by atoms with Crippen molar-refractivity contribution in [3.8, 4) is 11.4 Å². The number of rotatable bonds is 18. The Labute approximate surface area is 201 Å². The monoisotopic (exact) mass is 452 g/mol. The first-order chi connectivity index (χ1) is 16.1. The fourth-order valence-corrected chi connectivity index (χ4v) is 4.30. The Morgan fingerprint density at radius 1 is 0.758 bits per heavy atom. The van der Waals surface area contributed by atoms with Gasteiger partial charge in [0.2, 0.25) is 0 Å². The minimum atomic E-state index is -0.683. The molecule has 0 spiro atoms. The third-order valence-corrected chi connectivity index (χ3v) is 6.47. The van der Waals surface area contributed by atoms with Gasteiger partial charge in [-0.2, -0.15) is 0 Å². The second kappa shape index (κ2) is 16.4. The van der Waals surface area contributed by atoms with E-state index in [4.69, 9.17) is 0 Å². The fourth-order valence-electron chi connectivity index (χ4n) is 4.30. The number of hydrogen-bond donors (Lipinski definition) is 1. The van der Waals surface area contributed by atoms with Gasteiger partial charge in [-0.3, -0.25) is 4.79 Å². The van der Waals surface area contributed by atoms with Crippen molar-refractivity contribution in [3.63, 3.8) is 0 Å². The smallest absolute Gasteiger partial charge is 0.306 e. The highest BCUT2D eigenvalue weighted by Crippen LogP contribution is 2.21. The van der Waals surface area contributed by atoms with Gasteiger partial charge in [-0.15, -0.1) is 0 Å². The zero-order valence-corrected chi connectivity index (χ0v) is 20.9. The zero-order chi connectivity index (χ0) is 23.7. The van der Waals surface area contributed by atoms with E-state index in [1.54, 1.807) is 0 Å². The summed E-state index contributed by atoms with van der Waals surface area (Å²) in [4.78, 5) is 20.8. The molecule has 1 unspecified atom stereocenters. The van der Waals surface area contributed by atoms with E-state index < -0.39 is 5.97 Å². The van der Waals surface area contributed by atoms with Gasteiger partial charge in [-0.05, 0) is 36.8 Å². The lowest BCUT2D eigenvalue weighted by Crippen LogP contribution is -2.16. The molecule has 0 aliphatic heterocycles. The quantitative estimate of drug-likeness (QED) is 0.232. The van der Waals surface area contributed by atoms with Crippen molar-refractivity contribution in [3.05, 3.63) is 47.8 Å². The molecule has 1 atom stereocenters. The molecule has 2 rings (SSSR count). The van der Waals surface area contributed by atoms with E-state index in [0.717, 1.165) is 42.6 Å². The number of carboxylic acid groups (broad SMARTS) is 1. The van der Waals surface area contributed by atoms with Gasteiger partial charge in [-0.25, -0.2) is 9.97 Å². The van der Waals surface area contributed by atoms with Crippen LogP contribution in [0.15, 0.2) is 36.7 Å². The van der Waals surface area contributed by atoms with Crippen molar-refractivity contribution in [2.45, 2.75) is 110 Å². The van der Waals surface area contributed by atoms with E-state index in [1.807, 2.05) is 36.7 Å². The zero-order valence-electron chi connectivity index (χ0n) is 20.9. The van der Waals surface area contributed by atoms with Gasteiger partial charge in [0.25, 0.3) is 0 Å². The predicted octanol–water partition coefficient (Wildman–Crippen LogP) is 8.04. The SMILES string of the molecule is CCCCCCCCc1cnc(-c2ccc(CC(CCCCCCCC)C(=O)O)cc2)nc1. The summed E-state index contributed by atoms with van der Waals surface area (Å²) in [7, 11) is 0. The molecule has 0 bridgehead atoms. The minimum Gasteiger partial charge on any atom is -0.481 e. The van der Waals surface area contributed by atoms with Crippen LogP contribution in [0.1, 0.15) is 108 Å².